The lowest BCUT2D eigenvalue weighted by Crippen LogP contribution is -2.49. The molecular weight excluding hydrogens is 330 g/mol. The number of piperidine rings is 1. The van der Waals surface area contributed by atoms with Crippen molar-refractivity contribution in [3.8, 4) is 0 Å². The number of carbonyl (C=O) groups excluding carboxylic acids is 1. The van der Waals surface area contributed by atoms with Crippen molar-refractivity contribution in [2.75, 3.05) is 19.6 Å². The van der Waals surface area contributed by atoms with Crippen molar-refractivity contribution >= 4 is 21.8 Å². The van der Waals surface area contributed by atoms with Crippen molar-refractivity contribution in [1.82, 2.24) is 10.6 Å². The van der Waals surface area contributed by atoms with Gasteiger partial charge in [-0.1, -0.05) is 28.1 Å². The molecule has 2 atom stereocenters. The Bertz CT molecular complexity index is 467. The van der Waals surface area contributed by atoms with Crippen LogP contribution in [0, 0.1) is 5.92 Å². The molecule has 2 rings (SSSR count). The normalized spacial score (nSPS) is 21.6. The molecule has 5 heteroatoms. The van der Waals surface area contributed by atoms with E-state index >= 15 is 0 Å². The van der Waals surface area contributed by atoms with Gasteiger partial charge in [0.25, 0.3) is 0 Å². The summed E-state index contributed by atoms with van der Waals surface area (Å²) >= 11 is 3.39. The van der Waals surface area contributed by atoms with Crippen molar-refractivity contribution in [3.05, 3.63) is 34.3 Å². The number of nitrogens with one attached hydrogen (secondary N) is 2. The van der Waals surface area contributed by atoms with Crippen molar-refractivity contribution in [3.63, 3.8) is 0 Å². The molecule has 4 N–H and O–H groups in total. The summed E-state index contributed by atoms with van der Waals surface area (Å²) in [6, 6.07) is 7.58. The van der Waals surface area contributed by atoms with E-state index < -0.39 is 5.54 Å². The van der Waals surface area contributed by atoms with Crippen molar-refractivity contribution in [1.29, 1.82) is 0 Å². The fraction of sp³-hybridized carbons (Fsp3) is 0.562. The van der Waals surface area contributed by atoms with Gasteiger partial charge in [0.1, 0.15) is 5.54 Å². The van der Waals surface area contributed by atoms with E-state index in [-0.39, 0.29) is 5.91 Å². The smallest absolute Gasteiger partial charge is 0.244 e. The number of hydrogen-bond acceptors (Lipinski definition) is 3. The summed E-state index contributed by atoms with van der Waals surface area (Å²) in [7, 11) is 0. The number of amides is 1. The number of hydrogen-bond donors (Lipinski definition) is 3. The zero-order valence-electron chi connectivity index (χ0n) is 12.5. The number of rotatable bonds is 5. The molecule has 1 aromatic rings. The first-order valence-electron chi connectivity index (χ1n) is 7.54. The third-order valence-electron chi connectivity index (χ3n) is 4.15. The lowest BCUT2D eigenvalue weighted by molar-refractivity contribution is -0.126. The minimum Gasteiger partial charge on any atom is -0.354 e. The fourth-order valence-corrected chi connectivity index (χ4v) is 2.94. The van der Waals surface area contributed by atoms with Gasteiger partial charge in [-0.05, 0) is 62.9 Å². The Hall–Kier alpha value is -0.910. The van der Waals surface area contributed by atoms with Crippen LogP contribution in [0.15, 0.2) is 28.7 Å². The molecule has 1 saturated heterocycles. The average Bonchev–Trinajstić information content (AvgIpc) is 2.48. The van der Waals surface area contributed by atoms with Crippen LogP contribution in [0.25, 0.3) is 0 Å². The Morgan fingerprint density at radius 3 is 2.81 bits per heavy atom. The van der Waals surface area contributed by atoms with E-state index in [9.17, 15) is 4.79 Å². The highest BCUT2D eigenvalue weighted by Crippen LogP contribution is 2.21. The molecule has 1 aliphatic rings. The maximum absolute atomic E-state index is 12.3. The van der Waals surface area contributed by atoms with Gasteiger partial charge in [0.15, 0.2) is 0 Å². The first-order valence-corrected chi connectivity index (χ1v) is 8.33. The number of carbonyl (C=O) groups is 1. The molecule has 1 aromatic carbocycles. The summed E-state index contributed by atoms with van der Waals surface area (Å²) in [5, 5.41) is 6.37. The standard InChI is InChI=1S/C16H24BrN3O/c1-16(18,13-4-6-14(17)7-5-13)15(21)20-10-8-12-3-2-9-19-11-12/h4-7,12,19H,2-3,8-11,18H2,1H3,(H,20,21). The predicted molar refractivity (Wildman–Crippen MR) is 88.9 cm³/mol. The Labute approximate surface area is 135 Å². The van der Waals surface area contributed by atoms with E-state index in [2.05, 4.69) is 26.6 Å². The second-order valence-electron chi connectivity index (χ2n) is 5.97. The monoisotopic (exact) mass is 353 g/mol. The van der Waals surface area contributed by atoms with E-state index in [4.69, 9.17) is 5.73 Å². The summed E-state index contributed by atoms with van der Waals surface area (Å²) in [6.45, 7) is 4.62. The van der Waals surface area contributed by atoms with Crippen LogP contribution < -0.4 is 16.4 Å². The SMILES string of the molecule is CC(N)(C(=O)NCCC1CCCNC1)c1ccc(Br)cc1. The van der Waals surface area contributed by atoms with Crippen LogP contribution in [0.4, 0.5) is 0 Å². The highest BCUT2D eigenvalue weighted by molar-refractivity contribution is 9.10. The average molecular weight is 354 g/mol. The van der Waals surface area contributed by atoms with Crippen LogP contribution in [0.5, 0.6) is 0 Å². The van der Waals surface area contributed by atoms with Gasteiger partial charge in [-0.15, -0.1) is 0 Å². The van der Waals surface area contributed by atoms with Crippen molar-refractivity contribution in [2.45, 2.75) is 31.7 Å². The molecule has 1 amide bonds. The van der Waals surface area contributed by atoms with Gasteiger partial charge in [-0.25, -0.2) is 0 Å². The van der Waals surface area contributed by atoms with E-state index in [0.717, 1.165) is 29.5 Å². The molecular formula is C16H24BrN3O. The highest BCUT2D eigenvalue weighted by Gasteiger charge is 2.30. The minimum absolute atomic E-state index is 0.117. The zero-order chi connectivity index (χ0) is 15.3. The van der Waals surface area contributed by atoms with Crippen molar-refractivity contribution in [2.24, 2.45) is 11.7 Å². The van der Waals surface area contributed by atoms with Gasteiger partial charge in [-0.3, -0.25) is 4.79 Å². The quantitative estimate of drug-likeness (QED) is 0.759. The second kappa shape index (κ2) is 7.38. The minimum atomic E-state index is -0.995. The highest BCUT2D eigenvalue weighted by atomic mass is 79.9. The molecule has 116 valence electrons. The second-order valence-corrected chi connectivity index (χ2v) is 6.88. The van der Waals surface area contributed by atoms with Gasteiger partial charge < -0.3 is 16.4 Å². The van der Waals surface area contributed by atoms with Crippen LogP contribution in [0.3, 0.4) is 0 Å². The van der Waals surface area contributed by atoms with Gasteiger partial charge >= 0.3 is 0 Å². The number of halogens is 1. The van der Waals surface area contributed by atoms with E-state index in [1.165, 1.54) is 12.8 Å². The molecule has 4 nitrogen and oxygen atoms in total. The zero-order valence-corrected chi connectivity index (χ0v) is 14.1. The Morgan fingerprint density at radius 1 is 1.48 bits per heavy atom. The Morgan fingerprint density at radius 2 is 2.19 bits per heavy atom. The van der Waals surface area contributed by atoms with Crippen molar-refractivity contribution < 1.29 is 4.79 Å². The summed E-state index contributed by atoms with van der Waals surface area (Å²) in [5.74, 6) is 0.546. The number of benzene rings is 1. The van der Waals surface area contributed by atoms with Gasteiger partial charge in [0, 0.05) is 11.0 Å². The summed E-state index contributed by atoms with van der Waals surface area (Å²) < 4.78 is 0.979. The molecule has 1 aliphatic heterocycles. The summed E-state index contributed by atoms with van der Waals surface area (Å²) in [6.07, 6.45) is 3.48. The molecule has 21 heavy (non-hydrogen) atoms. The van der Waals surface area contributed by atoms with E-state index in [1.807, 2.05) is 24.3 Å². The van der Waals surface area contributed by atoms with Gasteiger partial charge in [0.05, 0.1) is 0 Å². The summed E-state index contributed by atoms with van der Waals surface area (Å²) in [5.41, 5.74) is 6.04. The molecule has 1 heterocycles. The molecule has 0 radical (unpaired) electrons. The van der Waals surface area contributed by atoms with Crippen LogP contribution >= 0.6 is 15.9 Å². The third-order valence-corrected chi connectivity index (χ3v) is 4.68. The lowest BCUT2D eigenvalue weighted by Gasteiger charge is -2.26. The fourth-order valence-electron chi connectivity index (χ4n) is 2.67. The Kier molecular flexibility index (Phi) is 5.79. The molecule has 0 aliphatic carbocycles. The van der Waals surface area contributed by atoms with E-state index in [1.54, 1.807) is 6.92 Å². The molecule has 0 bridgehead atoms. The maximum Gasteiger partial charge on any atom is 0.244 e. The largest absolute Gasteiger partial charge is 0.354 e. The van der Waals surface area contributed by atoms with Crippen LogP contribution in [0.1, 0.15) is 31.7 Å². The Balaban J connectivity index is 1.84. The van der Waals surface area contributed by atoms with Gasteiger partial charge in [-0.2, -0.15) is 0 Å². The number of nitrogens with two attached hydrogens (primary N) is 1. The predicted octanol–water partition coefficient (Wildman–Crippen LogP) is 2.13. The first-order chi connectivity index (χ1) is 10.00. The van der Waals surface area contributed by atoms with Gasteiger partial charge in [0.2, 0.25) is 5.91 Å². The topological polar surface area (TPSA) is 67.2 Å². The molecule has 2 unspecified atom stereocenters. The van der Waals surface area contributed by atoms with Crippen LogP contribution in [-0.2, 0) is 10.3 Å². The first kappa shape index (κ1) is 16.5. The molecule has 0 spiro atoms. The third kappa shape index (κ3) is 4.53. The van der Waals surface area contributed by atoms with Crippen LogP contribution in [-0.4, -0.2) is 25.5 Å². The summed E-state index contributed by atoms with van der Waals surface area (Å²) in [4.78, 5) is 12.3. The van der Waals surface area contributed by atoms with Crippen LogP contribution in [0.2, 0.25) is 0 Å². The molecule has 1 fully saturated rings. The molecule has 0 saturated carbocycles. The maximum atomic E-state index is 12.3. The molecule has 0 aromatic heterocycles. The van der Waals surface area contributed by atoms with E-state index in [0.29, 0.717) is 12.5 Å². The lowest BCUT2D eigenvalue weighted by atomic mass is 9.92.